The molecule has 0 aliphatic carbocycles. The number of para-hydroxylation sites is 1. The molecule has 0 N–H and O–H groups in total. The molecule has 28 heavy (non-hydrogen) atoms. The first-order chi connectivity index (χ1) is 13.3. The van der Waals surface area contributed by atoms with Crippen LogP contribution < -0.4 is 4.31 Å². The Balaban J connectivity index is 1.97. The molecule has 0 saturated carbocycles. The van der Waals surface area contributed by atoms with Crippen LogP contribution in [-0.2, 0) is 10.0 Å². The first-order valence-electron chi connectivity index (χ1n) is 9.12. The molecule has 1 unspecified atom stereocenters. The third kappa shape index (κ3) is 4.08. The fourth-order valence-corrected chi connectivity index (χ4v) is 5.10. The molecule has 148 valence electrons. The van der Waals surface area contributed by atoms with E-state index in [9.17, 15) is 13.2 Å². The van der Waals surface area contributed by atoms with Crippen LogP contribution in [0.1, 0.15) is 23.7 Å². The van der Waals surface area contributed by atoms with Crippen molar-refractivity contribution in [1.29, 1.82) is 0 Å². The standard InChI is InChI=1S/C21H23ClN2O3S/c1-3-12-24(20-10-5-4-9-19(20)22)28(26,27)18-8-6-7-17(14-18)21(25)23-13-11-16(2)15-23/h3-10,14,16H,1,11-13,15H2,2H3. The number of halogens is 1. The maximum Gasteiger partial charge on any atom is 0.264 e. The molecule has 1 fully saturated rings. The second-order valence-corrected chi connectivity index (χ2v) is 9.22. The lowest BCUT2D eigenvalue weighted by molar-refractivity contribution is 0.0788. The molecule has 1 amide bonds. The van der Waals surface area contributed by atoms with Crippen LogP contribution in [0.25, 0.3) is 0 Å². The van der Waals surface area contributed by atoms with Crippen LogP contribution in [-0.4, -0.2) is 38.9 Å². The Bertz CT molecular complexity index is 991. The first kappa shape index (κ1) is 20.4. The highest BCUT2D eigenvalue weighted by Crippen LogP contribution is 2.30. The van der Waals surface area contributed by atoms with E-state index in [0.29, 0.717) is 35.3 Å². The molecule has 2 aromatic rings. The van der Waals surface area contributed by atoms with Gasteiger partial charge in [-0.05, 0) is 42.7 Å². The normalized spacial score (nSPS) is 16.8. The van der Waals surface area contributed by atoms with Crippen molar-refractivity contribution in [2.75, 3.05) is 23.9 Å². The summed E-state index contributed by atoms with van der Waals surface area (Å²) in [6, 6.07) is 12.9. The summed E-state index contributed by atoms with van der Waals surface area (Å²) < 4.78 is 27.8. The highest BCUT2D eigenvalue weighted by molar-refractivity contribution is 7.92. The Kier molecular flexibility index (Phi) is 6.10. The molecule has 1 saturated heterocycles. The summed E-state index contributed by atoms with van der Waals surface area (Å²) in [6.07, 6.45) is 2.46. The van der Waals surface area contributed by atoms with Crippen molar-refractivity contribution in [2.24, 2.45) is 5.92 Å². The molecule has 1 aliphatic rings. The molecule has 1 aliphatic heterocycles. The highest BCUT2D eigenvalue weighted by atomic mass is 35.5. The molecule has 7 heteroatoms. The number of benzene rings is 2. The maximum atomic E-state index is 13.3. The van der Waals surface area contributed by atoms with Crippen LogP contribution in [0, 0.1) is 5.92 Å². The van der Waals surface area contributed by atoms with E-state index in [4.69, 9.17) is 11.6 Å². The number of likely N-dealkylation sites (tertiary alicyclic amines) is 1. The van der Waals surface area contributed by atoms with E-state index < -0.39 is 10.0 Å². The zero-order valence-electron chi connectivity index (χ0n) is 15.7. The second kappa shape index (κ2) is 8.37. The molecule has 0 radical (unpaired) electrons. The van der Waals surface area contributed by atoms with Crippen molar-refractivity contribution in [3.8, 4) is 0 Å². The SMILES string of the molecule is C=CCN(c1ccccc1Cl)S(=O)(=O)c1cccc(C(=O)N2CCC(C)C2)c1. The van der Waals surface area contributed by atoms with Gasteiger partial charge in [-0.25, -0.2) is 8.42 Å². The van der Waals surface area contributed by atoms with Crippen molar-refractivity contribution in [2.45, 2.75) is 18.2 Å². The Hall–Kier alpha value is -2.31. The molecule has 1 atom stereocenters. The first-order valence-corrected chi connectivity index (χ1v) is 10.9. The number of hydrogen-bond donors (Lipinski definition) is 0. The summed E-state index contributed by atoms with van der Waals surface area (Å²) in [5, 5.41) is 0.325. The Labute approximate surface area is 171 Å². The van der Waals surface area contributed by atoms with E-state index in [2.05, 4.69) is 13.5 Å². The predicted octanol–water partition coefficient (Wildman–Crippen LogP) is 4.20. The van der Waals surface area contributed by atoms with Crippen molar-refractivity contribution >= 4 is 33.2 Å². The summed E-state index contributed by atoms with van der Waals surface area (Å²) in [6.45, 7) is 7.21. The minimum absolute atomic E-state index is 0.0485. The van der Waals surface area contributed by atoms with Gasteiger partial charge in [-0.3, -0.25) is 9.10 Å². The average molecular weight is 419 g/mol. The Morgan fingerprint density at radius 3 is 2.68 bits per heavy atom. The van der Waals surface area contributed by atoms with Crippen molar-refractivity contribution < 1.29 is 13.2 Å². The molecule has 2 aromatic carbocycles. The van der Waals surface area contributed by atoms with Crippen LogP contribution in [0.2, 0.25) is 5.02 Å². The number of amides is 1. The fraction of sp³-hybridized carbons (Fsp3) is 0.286. The lowest BCUT2D eigenvalue weighted by Gasteiger charge is -2.24. The number of nitrogens with zero attached hydrogens (tertiary/aromatic N) is 2. The molecule has 3 rings (SSSR count). The van der Waals surface area contributed by atoms with Gasteiger partial charge in [0.05, 0.1) is 22.2 Å². The molecular weight excluding hydrogens is 396 g/mol. The van der Waals surface area contributed by atoms with E-state index in [1.807, 2.05) is 0 Å². The van der Waals surface area contributed by atoms with Gasteiger partial charge in [-0.1, -0.05) is 42.8 Å². The third-order valence-electron chi connectivity index (χ3n) is 4.80. The maximum absolute atomic E-state index is 13.3. The van der Waals surface area contributed by atoms with Gasteiger partial charge in [0, 0.05) is 18.7 Å². The van der Waals surface area contributed by atoms with Gasteiger partial charge >= 0.3 is 0 Å². The Morgan fingerprint density at radius 1 is 1.29 bits per heavy atom. The van der Waals surface area contributed by atoms with Gasteiger partial charge in [-0.15, -0.1) is 6.58 Å². The van der Waals surface area contributed by atoms with Crippen LogP contribution >= 0.6 is 11.6 Å². The molecular formula is C21H23ClN2O3S. The lowest BCUT2D eigenvalue weighted by atomic mass is 10.2. The van der Waals surface area contributed by atoms with Crippen molar-refractivity contribution in [1.82, 2.24) is 4.90 Å². The zero-order valence-corrected chi connectivity index (χ0v) is 17.3. The predicted molar refractivity (Wildman–Crippen MR) is 112 cm³/mol. The van der Waals surface area contributed by atoms with Crippen molar-refractivity contribution in [3.63, 3.8) is 0 Å². The van der Waals surface area contributed by atoms with Crippen LogP contribution in [0.15, 0.2) is 66.1 Å². The van der Waals surface area contributed by atoms with Crippen LogP contribution in [0.3, 0.4) is 0 Å². The summed E-state index contributed by atoms with van der Waals surface area (Å²) >= 11 is 6.23. The molecule has 5 nitrogen and oxygen atoms in total. The monoisotopic (exact) mass is 418 g/mol. The minimum Gasteiger partial charge on any atom is -0.338 e. The highest BCUT2D eigenvalue weighted by Gasteiger charge is 2.28. The average Bonchev–Trinajstić information content (AvgIpc) is 3.12. The smallest absolute Gasteiger partial charge is 0.264 e. The van der Waals surface area contributed by atoms with Crippen LogP contribution in [0.4, 0.5) is 5.69 Å². The number of sulfonamides is 1. The largest absolute Gasteiger partial charge is 0.338 e. The van der Waals surface area contributed by atoms with Gasteiger partial charge in [-0.2, -0.15) is 0 Å². The van der Waals surface area contributed by atoms with Gasteiger partial charge in [0.1, 0.15) is 0 Å². The molecule has 0 aromatic heterocycles. The number of carbonyl (C=O) groups is 1. The number of rotatable bonds is 6. The van der Waals surface area contributed by atoms with Crippen LogP contribution in [0.5, 0.6) is 0 Å². The van der Waals surface area contributed by atoms with E-state index in [0.717, 1.165) is 6.42 Å². The quantitative estimate of drug-likeness (QED) is 0.660. The van der Waals surface area contributed by atoms with Crippen molar-refractivity contribution in [3.05, 3.63) is 71.8 Å². The van der Waals surface area contributed by atoms with Gasteiger partial charge in [0.15, 0.2) is 0 Å². The minimum atomic E-state index is -3.92. The summed E-state index contributed by atoms with van der Waals surface area (Å²) in [4.78, 5) is 14.6. The topological polar surface area (TPSA) is 57.7 Å². The molecule has 0 spiro atoms. The lowest BCUT2D eigenvalue weighted by Crippen LogP contribution is -2.32. The second-order valence-electron chi connectivity index (χ2n) is 6.95. The third-order valence-corrected chi connectivity index (χ3v) is 6.89. The van der Waals surface area contributed by atoms with Gasteiger partial charge in [0.25, 0.3) is 15.9 Å². The summed E-state index contributed by atoms with van der Waals surface area (Å²) in [5.74, 6) is 0.314. The zero-order chi connectivity index (χ0) is 20.3. The van der Waals surface area contributed by atoms with E-state index in [-0.39, 0.29) is 17.3 Å². The van der Waals surface area contributed by atoms with E-state index in [1.165, 1.54) is 22.5 Å². The van der Waals surface area contributed by atoms with E-state index >= 15 is 0 Å². The number of hydrogen-bond acceptors (Lipinski definition) is 3. The van der Waals surface area contributed by atoms with Gasteiger partial charge < -0.3 is 4.90 Å². The molecule has 0 bridgehead atoms. The fourth-order valence-electron chi connectivity index (χ4n) is 3.32. The Morgan fingerprint density at radius 2 is 2.04 bits per heavy atom. The number of anilines is 1. The van der Waals surface area contributed by atoms with E-state index in [1.54, 1.807) is 41.3 Å². The van der Waals surface area contributed by atoms with Gasteiger partial charge in [0.2, 0.25) is 0 Å². The molecule has 1 heterocycles. The summed E-state index contributed by atoms with van der Waals surface area (Å²) in [7, 11) is -3.92. The summed E-state index contributed by atoms with van der Waals surface area (Å²) in [5.41, 5.74) is 0.738. The number of carbonyl (C=O) groups excluding carboxylic acids is 1.